The molecule has 2 heterocycles. The number of hydrogen-bond acceptors (Lipinski definition) is 4. The van der Waals surface area contributed by atoms with Crippen LogP contribution in [0.1, 0.15) is 11.4 Å². The quantitative estimate of drug-likeness (QED) is 0.541. The molecule has 3 rings (SSSR count). The Morgan fingerprint density at radius 1 is 1.32 bits per heavy atom. The van der Waals surface area contributed by atoms with E-state index in [1.807, 2.05) is 42.3 Å². The molecule has 0 aliphatic carbocycles. The zero-order chi connectivity index (χ0) is 17.6. The number of hydrogen-bond donors (Lipinski definition) is 2. The highest BCUT2D eigenvalue weighted by molar-refractivity contribution is 6.30. The molecule has 0 atom stereocenters. The predicted octanol–water partition coefficient (Wildman–Crippen LogP) is 2.93. The lowest BCUT2D eigenvalue weighted by Crippen LogP contribution is -2.38. The standard InChI is InChI=1S/C17H19ClN6O/c1-19-17(24(2)11-12-5-7-13(18)8-6-12)20-10-15-21-16(23-22-15)14-4-3-9-25-14/h3-9H,10-11H2,1-2H3,(H,19,20)(H,21,22,23). The van der Waals surface area contributed by atoms with Crippen molar-refractivity contribution < 1.29 is 4.42 Å². The third-order valence-electron chi connectivity index (χ3n) is 3.59. The molecule has 7 nitrogen and oxygen atoms in total. The number of aromatic amines is 1. The van der Waals surface area contributed by atoms with Gasteiger partial charge in [-0.1, -0.05) is 23.7 Å². The minimum atomic E-state index is 0.478. The van der Waals surface area contributed by atoms with Crippen LogP contribution in [0.5, 0.6) is 0 Å². The first kappa shape index (κ1) is 17.0. The Bertz CT molecular complexity index is 825. The molecule has 2 N–H and O–H groups in total. The topological polar surface area (TPSA) is 82.3 Å². The summed E-state index contributed by atoms with van der Waals surface area (Å²) in [7, 11) is 3.72. The van der Waals surface area contributed by atoms with Crippen LogP contribution in [-0.4, -0.2) is 40.1 Å². The monoisotopic (exact) mass is 358 g/mol. The summed E-state index contributed by atoms with van der Waals surface area (Å²) in [6.07, 6.45) is 1.59. The van der Waals surface area contributed by atoms with Gasteiger partial charge in [0, 0.05) is 25.7 Å². The van der Waals surface area contributed by atoms with Crippen LogP contribution in [0.15, 0.2) is 52.1 Å². The Hall–Kier alpha value is -2.80. The van der Waals surface area contributed by atoms with E-state index in [9.17, 15) is 0 Å². The summed E-state index contributed by atoms with van der Waals surface area (Å²) in [6.45, 7) is 1.19. The molecule has 130 valence electrons. The highest BCUT2D eigenvalue weighted by Gasteiger charge is 2.10. The Morgan fingerprint density at radius 3 is 2.80 bits per heavy atom. The number of aromatic nitrogens is 3. The van der Waals surface area contributed by atoms with Gasteiger partial charge in [0.15, 0.2) is 11.7 Å². The second kappa shape index (κ2) is 7.85. The van der Waals surface area contributed by atoms with Crippen LogP contribution in [0.3, 0.4) is 0 Å². The largest absolute Gasteiger partial charge is 0.461 e. The SMILES string of the molecule is CN=C(NCc1nc(-c2ccco2)n[nH]1)N(C)Cc1ccc(Cl)cc1. The fraction of sp³-hybridized carbons (Fsp3) is 0.235. The molecule has 1 aromatic carbocycles. The maximum Gasteiger partial charge on any atom is 0.216 e. The van der Waals surface area contributed by atoms with Gasteiger partial charge in [-0.25, -0.2) is 4.98 Å². The summed E-state index contributed by atoms with van der Waals surface area (Å²) >= 11 is 5.92. The van der Waals surface area contributed by atoms with Gasteiger partial charge in [-0.05, 0) is 29.8 Å². The highest BCUT2D eigenvalue weighted by atomic mass is 35.5. The lowest BCUT2D eigenvalue weighted by atomic mass is 10.2. The first-order chi connectivity index (χ1) is 12.2. The van der Waals surface area contributed by atoms with Gasteiger partial charge in [0.05, 0.1) is 12.8 Å². The number of rotatable bonds is 5. The number of H-pyrrole nitrogens is 1. The number of nitrogens with zero attached hydrogens (tertiary/aromatic N) is 4. The van der Waals surface area contributed by atoms with Crippen molar-refractivity contribution in [2.45, 2.75) is 13.1 Å². The van der Waals surface area contributed by atoms with Crippen molar-refractivity contribution >= 4 is 17.6 Å². The van der Waals surface area contributed by atoms with E-state index in [-0.39, 0.29) is 0 Å². The van der Waals surface area contributed by atoms with Gasteiger partial charge < -0.3 is 14.6 Å². The second-order valence-electron chi connectivity index (χ2n) is 5.47. The van der Waals surface area contributed by atoms with Crippen molar-refractivity contribution in [3.63, 3.8) is 0 Å². The summed E-state index contributed by atoms with van der Waals surface area (Å²) < 4.78 is 5.29. The third-order valence-corrected chi connectivity index (χ3v) is 3.85. The molecule has 0 aliphatic heterocycles. The third kappa shape index (κ3) is 4.39. The van der Waals surface area contributed by atoms with Crippen molar-refractivity contribution in [2.75, 3.05) is 14.1 Å². The first-order valence-electron chi connectivity index (χ1n) is 7.77. The molecule has 0 aliphatic rings. The molecule has 2 aromatic heterocycles. The number of guanidine groups is 1. The summed E-state index contributed by atoms with van der Waals surface area (Å²) in [5.41, 5.74) is 1.15. The molecule has 0 bridgehead atoms. The van der Waals surface area contributed by atoms with E-state index in [1.54, 1.807) is 19.4 Å². The van der Waals surface area contributed by atoms with Crippen molar-refractivity contribution in [2.24, 2.45) is 4.99 Å². The maximum absolute atomic E-state index is 5.92. The van der Waals surface area contributed by atoms with E-state index in [1.165, 1.54) is 0 Å². The van der Waals surface area contributed by atoms with Gasteiger partial charge in [0.2, 0.25) is 5.82 Å². The lowest BCUT2D eigenvalue weighted by molar-refractivity contribution is 0.475. The minimum absolute atomic E-state index is 0.478. The smallest absolute Gasteiger partial charge is 0.216 e. The Balaban J connectivity index is 1.58. The second-order valence-corrected chi connectivity index (χ2v) is 5.90. The van der Waals surface area contributed by atoms with Crippen molar-refractivity contribution in [1.82, 2.24) is 25.4 Å². The zero-order valence-corrected chi connectivity index (χ0v) is 14.8. The van der Waals surface area contributed by atoms with Gasteiger partial charge in [-0.15, -0.1) is 5.10 Å². The van der Waals surface area contributed by atoms with E-state index in [0.717, 1.165) is 16.5 Å². The zero-order valence-electron chi connectivity index (χ0n) is 14.0. The Morgan fingerprint density at radius 2 is 2.12 bits per heavy atom. The molecule has 0 fully saturated rings. The van der Waals surface area contributed by atoms with Gasteiger partial charge in [0.25, 0.3) is 0 Å². The molecule has 0 spiro atoms. The number of aliphatic imine (C=N–C) groups is 1. The fourth-order valence-corrected chi connectivity index (χ4v) is 2.50. The predicted molar refractivity (Wildman–Crippen MR) is 97.2 cm³/mol. The molecule has 8 heteroatoms. The molecular formula is C17H19ClN6O. The number of benzene rings is 1. The van der Waals surface area contributed by atoms with Crippen LogP contribution < -0.4 is 5.32 Å². The molecule has 25 heavy (non-hydrogen) atoms. The van der Waals surface area contributed by atoms with Crippen LogP contribution in [0.4, 0.5) is 0 Å². The van der Waals surface area contributed by atoms with Crippen LogP contribution in [0.25, 0.3) is 11.6 Å². The maximum atomic E-state index is 5.92. The van der Waals surface area contributed by atoms with Crippen LogP contribution >= 0.6 is 11.6 Å². The summed E-state index contributed by atoms with van der Waals surface area (Å²) in [4.78, 5) is 10.7. The molecule has 0 radical (unpaired) electrons. The summed E-state index contributed by atoms with van der Waals surface area (Å²) in [6, 6.07) is 11.4. The summed E-state index contributed by atoms with van der Waals surface area (Å²) in [5.74, 6) is 2.62. The minimum Gasteiger partial charge on any atom is -0.461 e. The lowest BCUT2D eigenvalue weighted by Gasteiger charge is -2.21. The van der Waals surface area contributed by atoms with E-state index in [0.29, 0.717) is 30.5 Å². The molecule has 0 saturated carbocycles. The first-order valence-corrected chi connectivity index (χ1v) is 8.15. The van der Waals surface area contributed by atoms with Gasteiger partial charge in [-0.3, -0.25) is 10.1 Å². The normalized spacial score (nSPS) is 11.6. The van der Waals surface area contributed by atoms with E-state index in [4.69, 9.17) is 16.0 Å². The molecule has 3 aromatic rings. The number of halogens is 1. The van der Waals surface area contributed by atoms with Crippen molar-refractivity contribution in [3.05, 3.63) is 59.1 Å². The molecule has 0 saturated heterocycles. The fourth-order valence-electron chi connectivity index (χ4n) is 2.38. The molecule has 0 amide bonds. The highest BCUT2D eigenvalue weighted by Crippen LogP contribution is 2.14. The van der Waals surface area contributed by atoms with Crippen LogP contribution in [-0.2, 0) is 13.1 Å². The van der Waals surface area contributed by atoms with Gasteiger partial charge >= 0.3 is 0 Å². The number of nitrogens with one attached hydrogen (secondary N) is 2. The van der Waals surface area contributed by atoms with Gasteiger partial charge in [0.1, 0.15) is 5.82 Å². The van der Waals surface area contributed by atoms with Crippen LogP contribution in [0, 0.1) is 0 Å². The van der Waals surface area contributed by atoms with Crippen LogP contribution in [0.2, 0.25) is 5.02 Å². The average Bonchev–Trinajstić information content (AvgIpc) is 3.28. The van der Waals surface area contributed by atoms with E-state index < -0.39 is 0 Å². The molecule has 0 unspecified atom stereocenters. The Labute approximate surface area is 150 Å². The van der Waals surface area contributed by atoms with E-state index in [2.05, 4.69) is 25.5 Å². The number of furan rings is 1. The average molecular weight is 359 g/mol. The Kier molecular flexibility index (Phi) is 5.35. The van der Waals surface area contributed by atoms with Crippen molar-refractivity contribution in [1.29, 1.82) is 0 Å². The molecular weight excluding hydrogens is 340 g/mol. The summed E-state index contributed by atoms with van der Waals surface area (Å²) in [5, 5.41) is 11.0. The van der Waals surface area contributed by atoms with E-state index >= 15 is 0 Å². The van der Waals surface area contributed by atoms with Gasteiger partial charge in [-0.2, -0.15) is 0 Å². The van der Waals surface area contributed by atoms with Crippen molar-refractivity contribution in [3.8, 4) is 11.6 Å².